The first-order valence-corrected chi connectivity index (χ1v) is 5.06. The Hall–Kier alpha value is -1.75. The van der Waals surface area contributed by atoms with Gasteiger partial charge in [-0.3, -0.25) is 4.79 Å². The molecule has 0 aliphatic heterocycles. The molecule has 0 aliphatic carbocycles. The van der Waals surface area contributed by atoms with E-state index in [4.69, 9.17) is 19.3 Å². The minimum Gasteiger partial charge on any atom is -0.496 e. The fourth-order valence-electron chi connectivity index (χ4n) is 1.60. The summed E-state index contributed by atoms with van der Waals surface area (Å²) < 4.78 is 15.5. The fraction of sp³-hybridized carbons (Fsp3) is 0.417. The first-order chi connectivity index (χ1) is 8.12. The van der Waals surface area contributed by atoms with E-state index in [2.05, 4.69) is 0 Å². The molecule has 0 radical (unpaired) electrons. The molecule has 5 nitrogen and oxygen atoms in total. The van der Waals surface area contributed by atoms with Crippen LogP contribution in [0.2, 0.25) is 0 Å². The van der Waals surface area contributed by atoms with Gasteiger partial charge in [0.1, 0.15) is 11.5 Å². The summed E-state index contributed by atoms with van der Waals surface area (Å²) >= 11 is 0. The van der Waals surface area contributed by atoms with Gasteiger partial charge in [-0.05, 0) is 17.7 Å². The highest BCUT2D eigenvalue weighted by molar-refractivity contribution is 5.71. The van der Waals surface area contributed by atoms with Crippen molar-refractivity contribution in [3.8, 4) is 11.5 Å². The number of rotatable bonds is 6. The molecular weight excluding hydrogens is 224 g/mol. The monoisotopic (exact) mass is 240 g/mol. The third-order valence-corrected chi connectivity index (χ3v) is 2.31. The minimum atomic E-state index is -0.895. The van der Waals surface area contributed by atoms with E-state index in [-0.39, 0.29) is 6.42 Å². The van der Waals surface area contributed by atoms with Crippen LogP contribution in [-0.2, 0) is 22.6 Å². The van der Waals surface area contributed by atoms with Gasteiger partial charge in [0, 0.05) is 7.11 Å². The molecule has 0 aliphatic rings. The Kier molecular flexibility index (Phi) is 4.78. The van der Waals surface area contributed by atoms with Crippen LogP contribution in [0.5, 0.6) is 11.5 Å². The van der Waals surface area contributed by atoms with Gasteiger partial charge in [-0.15, -0.1) is 0 Å². The maximum absolute atomic E-state index is 10.7. The van der Waals surface area contributed by atoms with Gasteiger partial charge in [0.2, 0.25) is 0 Å². The number of methoxy groups -OCH3 is 3. The van der Waals surface area contributed by atoms with Crippen LogP contribution in [0.15, 0.2) is 12.1 Å². The van der Waals surface area contributed by atoms with Crippen molar-refractivity contribution in [1.29, 1.82) is 0 Å². The zero-order valence-electron chi connectivity index (χ0n) is 10.1. The van der Waals surface area contributed by atoms with Gasteiger partial charge in [-0.25, -0.2) is 0 Å². The summed E-state index contributed by atoms with van der Waals surface area (Å²) in [7, 11) is 4.63. The lowest BCUT2D eigenvalue weighted by Gasteiger charge is -2.14. The molecular formula is C12H16O5. The SMILES string of the molecule is COCc1c(OC)cc(CC(=O)O)cc1OC. The lowest BCUT2D eigenvalue weighted by Crippen LogP contribution is -2.04. The van der Waals surface area contributed by atoms with Crippen LogP contribution in [0.25, 0.3) is 0 Å². The molecule has 17 heavy (non-hydrogen) atoms. The maximum atomic E-state index is 10.7. The van der Waals surface area contributed by atoms with Crippen LogP contribution >= 0.6 is 0 Å². The maximum Gasteiger partial charge on any atom is 0.307 e. The minimum absolute atomic E-state index is 0.0695. The lowest BCUT2D eigenvalue weighted by atomic mass is 10.1. The van der Waals surface area contributed by atoms with Gasteiger partial charge in [0.15, 0.2) is 0 Å². The van der Waals surface area contributed by atoms with Gasteiger partial charge >= 0.3 is 5.97 Å². The molecule has 0 saturated carbocycles. The first kappa shape index (κ1) is 13.3. The highest BCUT2D eigenvalue weighted by atomic mass is 16.5. The average molecular weight is 240 g/mol. The van der Waals surface area contributed by atoms with Crippen LogP contribution in [0.1, 0.15) is 11.1 Å². The molecule has 5 heteroatoms. The molecule has 94 valence electrons. The highest BCUT2D eigenvalue weighted by Gasteiger charge is 2.13. The Morgan fingerprint density at radius 2 is 1.71 bits per heavy atom. The third kappa shape index (κ3) is 3.35. The van der Waals surface area contributed by atoms with Crippen LogP contribution in [0.4, 0.5) is 0 Å². The Labute approximate surface area is 99.9 Å². The molecule has 0 saturated heterocycles. The van der Waals surface area contributed by atoms with E-state index >= 15 is 0 Å². The van der Waals surface area contributed by atoms with E-state index in [0.29, 0.717) is 23.7 Å². The van der Waals surface area contributed by atoms with Crippen LogP contribution < -0.4 is 9.47 Å². The molecule has 1 N–H and O–H groups in total. The topological polar surface area (TPSA) is 65.0 Å². The molecule has 0 spiro atoms. The summed E-state index contributed by atoms with van der Waals surface area (Å²) in [5.41, 5.74) is 1.40. The molecule has 0 bridgehead atoms. The number of hydrogen-bond acceptors (Lipinski definition) is 4. The van der Waals surface area contributed by atoms with Crippen LogP contribution in [0.3, 0.4) is 0 Å². The van der Waals surface area contributed by atoms with Crippen molar-refractivity contribution in [3.05, 3.63) is 23.3 Å². The lowest BCUT2D eigenvalue weighted by molar-refractivity contribution is -0.136. The first-order valence-electron chi connectivity index (χ1n) is 5.06. The Bertz CT molecular complexity index is 375. The summed E-state index contributed by atoms with van der Waals surface area (Å²) in [4.78, 5) is 10.7. The largest absolute Gasteiger partial charge is 0.496 e. The Morgan fingerprint density at radius 3 is 2.06 bits per heavy atom. The van der Waals surface area contributed by atoms with Crippen molar-refractivity contribution in [2.24, 2.45) is 0 Å². The summed E-state index contributed by atoms with van der Waals surface area (Å²) in [6, 6.07) is 3.37. The second-order valence-corrected chi connectivity index (χ2v) is 3.48. The fourth-order valence-corrected chi connectivity index (χ4v) is 1.60. The average Bonchev–Trinajstić information content (AvgIpc) is 2.30. The molecule has 1 aromatic carbocycles. The van der Waals surface area contributed by atoms with Gasteiger partial charge in [0.05, 0.1) is 32.8 Å². The zero-order chi connectivity index (χ0) is 12.8. The summed E-state index contributed by atoms with van der Waals surface area (Å²) in [6.07, 6.45) is -0.0695. The summed E-state index contributed by atoms with van der Waals surface area (Å²) in [5.74, 6) is 0.249. The Morgan fingerprint density at radius 1 is 1.18 bits per heavy atom. The van der Waals surface area contributed by atoms with Crippen LogP contribution in [-0.4, -0.2) is 32.4 Å². The summed E-state index contributed by atoms with van der Waals surface area (Å²) in [6.45, 7) is 0.347. The molecule has 1 rings (SSSR count). The molecule has 1 aromatic rings. The van der Waals surface area contributed by atoms with Gasteiger partial charge in [-0.2, -0.15) is 0 Å². The number of benzene rings is 1. The molecule has 0 aromatic heterocycles. The number of carboxylic acid groups (broad SMARTS) is 1. The molecule has 0 unspecified atom stereocenters. The predicted molar refractivity (Wildman–Crippen MR) is 61.6 cm³/mol. The number of carbonyl (C=O) groups is 1. The van der Waals surface area contributed by atoms with E-state index < -0.39 is 5.97 Å². The molecule has 0 heterocycles. The Balaban J connectivity index is 3.18. The van der Waals surface area contributed by atoms with Crippen molar-refractivity contribution in [1.82, 2.24) is 0 Å². The van der Waals surface area contributed by atoms with Gasteiger partial charge in [-0.1, -0.05) is 0 Å². The van der Waals surface area contributed by atoms with Crippen LogP contribution in [0, 0.1) is 0 Å². The number of carboxylic acids is 1. The van der Waals surface area contributed by atoms with E-state index in [1.54, 1.807) is 19.2 Å². The molecule has 0 fully saturated rings. The number of hydrogen-bond donors (Lipinski definition) is 1. The quantitative estimate of drug-likeness (QED) is 0.815. The second-order valence-electron chi connectivity index (χ2n) is 3.48. The zero-order valence-corrected chi connectivity index (χ0v) is 10.1. The number of aliphatic carboxylic acids is 1. The predicted octanol–water partition coefficient (Wildman–Crippen LogP) is 1.48. The number of ether oxygens (including phenoxy) is 3. The van der Waals surface area contributed by atoms with E-state index in [1.807, 2.05) is 0 Å². The van der Waals surface area contributed by atoms with Gasteiger partial charge in [0.25, 0.3) is 0 Å². The molecule has 0 amide bonds. The van der Waals surface area contributed by atoms with E-state index in [1.165, 1.54) is 14.2 Å². The third-order valence-electron chi connectivity index (χ3n) is 2.31. The van der Waals surface area contributed by atoms with E-state index in [9.17, 15) is 4.79 Å². The van der Waals surface area contributed by atoms with Gasteiger partial charge < -0.3 is 19.3 Å². The second kappa shape index (κ2) is 6.10. The standard InChI is InChI=1S/C12H16O5/c1-15-7-9-10(16-2)4-8(6-12(13)14)5-11(9)17-3/h4-5H,6-7H2,1-3H3,(H,13,14). The summed E-state index contributed by atoms with van der Waals surface area (Å²) in [5, 5.41) is 8.76. The molecule has 0 atom stereocenters. The van der Waals surface area contributed by atoms with Crippen molar-refractivity contribution >= 4 is 5.97 Å². The van der Waals surface area contributed by atoms with E-state index in [0.717, 1.165) is 5.56 Å². The smallest absolute Gasteiger partial charge is 0.307 e. The van der Waals surface area contributed by atoms with Crippen molar-refractivity contribution in [2.45, 2.75) is 13.0 Å². The highest BCUT2D eigenvalue weighted by Crippen LogP contribution is 2.31. The normalized spacial score (nSPS) is 10.1. The van der Waals surface area contributed by atoms with Crippen molar-refractivity contribution in [3.63, 3.8) is 0 Å². The van der Waals surface area contributed by atoms with Crippen molar-refractivity contribution in [2.75, 3.05) is 21.3 Å². The van der Waals surface area contributed by atoms with Crippen molar-refractivity contribution < 1.29 is 24.1 Å².